The summed E-state index contributed by atoms with van der Waals surface area (Å²) in [5.74, 6) is -6.21. The van der Waals surface area contributed by atoms with Gasteiger partial charge in [-0.15, -0.1) is 23.0 Å². The van der Waals surface area contributed by atoms with Crippen LogP contribution in [0, 0.1) is 55.4 Å². The summed E-state index contributed by atoms with van der Waals surface area (Å²) in [6.07, 6.45) is 0. The molecule has 0 aliphatic heterocycles. The Morgan fingerprint density at radius 2 is 0.373 bits per heavy atom. The average molecular weight is 1660 g/mol. The molecule has 578 valence electrons. The van der Waals surface area contributed by atoms with Gasteiger partial charge in [-0.2, -0.15) is 0 Å². The maximum absolute atomic E-state index is 12.3. The molecule has 2 radical (unpaired) electrons. The zero-order valence-corrected chi connectivity index (χ0v) is 68.2. The minimum atomic E-state index is -1.13. The van der Waals surface area contributed by atoms with Gasteiger partial charge in [0, 0.05) is 52.4 Å². The van der Waals surface area contributed by atoms with Crippen molar-refractivity contribution in [2.45, 2.75) is 81.6 Å². The number of aromatic carboxylic acids is 6. The molecule has 0 unspecified atom stereocenters. The molecule has 0 aliphatic rings. The number of carboxylic acid groups (broad SMARTS) is 6. The van der Waals surface area contributed by atoms with Gasteiger partial charge in [-0.3, -0.25) is 0 Å². The van der Waals surface area contributed by atoms with E-state index in [1.54, 1.807) is 109 Å². The first-order chi connectivity index (χ1) is 50.2. The third kappa shape index (κ3) is 40.0. The second-order valence-electron chi connectivity index (χ2n) is 25.2. The molecule has 10 rings (SSSR count). The zero-order valence-electron chi connectivity index (χ0n) is 63.4. The molecule has 0 aromatic heterocycles. The molecule has 24 heteroatoms. The number of rotatable bonds is 20. The first-order valence-electron chi connectivity index (χ1n) is 33.6. The number of carboxylic acids is 6. The van der Waals surface area contributed by atoms with Crippen LogP contribution in [0.1, 0.15) is 129 Å². The molecule has 0 aliphatic carbocycles. The van der Waals surface area contributed by atoms with Crippen molar-refractivity contribution >= 4 is 35.8 Å². The molecule has 0 bridgehead atoms. The Balaban J connectivity index is 0. The van der Waals surface area contributed by atoms with E-state index in [1.165, 1.54) is 72.8 Å². The Morgan fingerprint density at radius 1 is 0.245 bits per heavy atom. The number of aryl methyl sites for hydroxylation is 8. The minimum absolute atomic E-state index is 0. The van der Waals surface area contributed by atoms with Crippen molar-refractivity contribution in [3.05, 3.63) is 331 Å². The van der Waals surface area contributed by atoms with Crippen molar-refractivity contribution in [1.82, 2.24) is 19.6 Å². The molecule has 0 spiro atoms. The van der Waals surface area contributed by atoms with Gasteiger partial charge in [-0.1, -0.05) is 275 Å². The number of likely N-dealkylation sites (N-methyl/N-ethyl adjacent to an activating group) is 4. The van der Waals surface area contributed by atoms with Crippen LogP contribution in [0.4, 0.5) is 0 Å². The molecule has 20 nitrogen and oxygen atoms in total. The summed E-state index contributed by atoms with van der Waals surface area (Å²) >= 11 is 0. The van der Waals surface area contributed by atoms with Crippen LogP contribution in [0.3, 0.4) is 0 Å². The van der Waals surface area contributed by atoms with Crippen LogP contribution in [0.2, 0.25) is 0 Å². The molecule has 0 amide bonds. The fourth-order valence-corrected chi connectivity index (χ4v) is 10.2. The van der Waals surface area contributed by atoms with Crippen molar-refractivity contribution in [2.24, 2.45) is 0 Å². The summed E-state index contributed by atoms with van der Waals surface area (Å²) in [4.78, 5) is 69.2. The molecule has 110 heavy (non-hydrogen) atoms. The number of carbonyl (C=O) groups is 6. The molecule has 0 heterocycles. The van der Waals surface area contributed by atoms with E-state index in [0.29, 0.717) is 26.2 Å². The van der Waals surface area contributed by atoms with Gasteiger partial charge in [0.05, 0.1) is 35.8 Å². The van der Waals surface area contributed by atoms with E-state index in [0.717, 1.165) is 92.9 Å². The second-order valence-corrected chi connectivity index (χ2v) is 25.2. The molecule has 10 aromatic rings. The molecule has 0 atom stereocenters. The van der Waals surface area contributed by atoms with Crippen LogP contribution in [-0.4, -0.2) is 110 Å². The summed E-state index contributed by atoms with van der Waals surface area (Å²) in [6, 6.07) is 64.0. The second kappa shape index (κ2) is 54.7. The molecule has 0 N–H and O–H groups in total. The van der Waals surface area contributed by atoms with E-state index in [4.69, 9.17) is 0 Å². The monoisotopic (exact) mass is 1650 g/mol. The van der Waals surface area contributed by atoms with E-state index in [2.05, 4.69) is 19.6 Å². The Morgan fingerprint density at radius 3 is 0.482 bits per heavy atom. The Bertz CT molecular complexity index is 3740. The summed E-state index contributed by atoms with van der Waals surface area (Å²) < 4.78 is 0. The maximum atomic E-state index is 12.3. The van der Waals surface area contributed by atoms with Crippen molar-refractivity contribution < 1.29 is 148 Å². The van der Waals surface area contributed by atoms with Crippen LogP contribution < -0.4 is 51.1 Å². The molecular formula is C86H90Mn4N4O16. The van der Waals surface area contributed by atoms with Gasteiger partial charge in [-0.25, -0.2) is 0 Å². The molecule has 0 saturated carbocycles. The Hall–Kier alpha value is -9.86. The number of benzene rings is 10. The quantitative estimate of drug-likeness (QED) is 0.0843. The number of carbonyl (C=O) groups excluding carboxylic acids is 6. The summed E-state index contributed by atoms with van der Waals surface area (Å²) in [7, 11) is 8.11. The van der Waals surface area contributed by atoms with Gasteiger partial charge in [-0.05, 0) is 139 Å². The molecule has 10 aromatic carbocycles. The van der Waals surface area contributed by atoms with Gasteiger partial charge in [0.2, 0.25) is 0 Å². The minimum Gasteiger partial charge on any atom is -0.872 e. The van der Waals surface area contributed by atoms with Crippen molar-refractivity contribution in [3.8, 4) is 23.0 Å². The predicted molar refractivity (Wildman–Crippen MR) is 391 cm³/mol. The average Bonchev–Trinajstić information content (AvgIpc) is 0.858. The molecular weight excluding hydrogens is 1560 g/mol. The fraction of sp³-hybridized carbons (Fsp3) is 0.233. The smallest absolute Gasteiger partial charge is 0.872 e. The maximum Gasteiger partial charge on any atom is 3.00 e. The standard InChI is InChI=1S/2C22H32N2O2.6C7H6O2.4Mn/c2*1-15-9-17(3)21(25)19(11-15)13-23(5)7-8-24(6)14-20-12-16(2)10-18(4)22(20)26;6*8-7(9)6-4-2-1-3-5-6;;;;/h2*9-12,25-26H,7-8,13-14H2,1-6H3;6*1-5H,(H,8,9);;;;/q;;;;;;;;2*+2;2*+3/p-10. The van der Waals surface area contributed by atoms with Gasteiger partial charge in [0.25, 0.3) is 0 Å². The van der Waals surface area contributed by atoms with Crippen LogP contribution in [0.5, 0.6) is 23.0 Å². The predicted octanol–water partition coefficient (Wildman–Crippen LogP) is 5.55. The van der Waals surface area contributed by atoms with Gasteiger partial charge in [0.1, 0.15) is 0 Å². The Labute approximate surface area is 688 Å². The third-order valence-electron chi connectivity index (χ3n) is 15.5. The SMILES string of the molecule is Cc1cc(C)c([O-])c(CN(C)CCN(C)Cc2cc(C)cc(C)c2[O-])c1.Cc1cc(C)c([O-])c(CN(C)CCN(C)Cc2cc(C)cc(C)c2[O-])c1.O=C([O-])c1ccccc1.O=C([O-])c1ccccc1.O=C([O-])c1ccccc1.O=C([O-])c1ccccc1.O=C([O-])c1ccccc1.O=C([O-])c1ccccc1.[Mn+2].[Mn+2].[Mn+3].[Mn+3]. The van der Waals surface area contributed by atoms with Crippen LogP contribution in [0.25, 0.3) is 0 Å². The Kier molecular flexibility index (Phi) is 50.8. The first kappa shape index (κ1) is 102. The van der Waals surface area contributed by atoms with Gasteiger partial charge < -0.3 is 99.4 Å². The van der Waals surface area contributed by atoms with Crippen LogP contribution in [-0.2, 0) is 94.5 Å². The van der Waals surface area contributed by atoms with Crippen LogP contribution in [0.15, 0.2) is 231 Å². The van der Waals surface area contributed by atoms with Gasteiger partial charge in [0.15, 0.2) is 0 Å². The summed E-state index contributed by atoms with van der Waals surface area (Å²) in [5.41, 5.74) is 12.5. The van der Waals surface area contributed by atoms with E-state index in [9.17, 15) is 79.8 Å². The number of hydrogen-bond donors (Lipinski definition) is 0. The molecule has 0 saturated heterocycles. The third-order valence-corrected chi connectivity index (χ3v) is 15.5. The number of nitrogens with zero attached hydrogens (tertiary/aromatic N) is 4. The van der Waals surface area contributed by atoms with Gasteiger partial charge >= 0.3 is 68.3 Å². The van der Waals surface area contributed by atoms with Crippen molar-refractivity contribution in [1.29, 1.82) is 0 Å². The summed E-state index contributed by atoms with van der Waals surface area (Å²) in [6.45, 7) is 21.5. The zero-order chi connectivity index (χ0) is 79.0. The molecule has 0 fully saturated rings. The van der Waals surface area contributed by atoms with E-state index in [1.807, 2.05) is 132 Å². The van der Waals surface area contributed by atoms with Crippen molar-refractivity contribution in [3.63, 3.8) is 0 Å². The van der Waals surface area contributed by atoms with E-state index in [-0.39, 0.29) is 125 Å². The van der Waals surface area contributed by atoms with E-state index >= 15 is 0 Å². The van der Waals surface area contributed by atoms with Crippen LogP contribution >= 0.6 is 0 Å². The summed E-state index contributed by atoms with van der Waals surface area (Å²) in [5, 5.41) is 110. The van der Waals surface area contributed by atoms with E-state index < -0.39 is 35.8 Å². The topological polar surface area (TPSA) is 346 Å². The van der Waals surface area contributed by atoms with Crippen molar-refractivity contribution in [2.75, 3.05) is 54.4 Å². The fourth-order valence-electron chi connectivity index (χ4n) is 10.2. The number of hydrogen-bond acceptors (Lipinski definition) is 20. The largest absolute Gasteiger partial charge is 3.00 e. The first-order valence-corrected chi connectivity index (χ1v) is 33.6. The normalized spacial score (nSPS) is 9.82.